The molecule has 1 atom stereocenters. The molecule has 2 saturated heterocycles. The summed E-state index contributed by atoms with van der Waals surface area (Å²) in [7, 11) is -3.92. The number of likely N-dealkylation sites (tertiary alicyclic amines) is 1. The molecule has 0 amide bonds. The van der Waals surface area contributed by atoms with Crippen molar-refractivity contribution in [2.24, 2.45) is 0 Å². The molecule has 2 aromatic rings. The number of hydrogen-bond acceptors (Lipinski definition) is 6. The summed E-state index contributed by atoms with van der Waals surface area (Å²) >= 11 is 0. The molecule has 0 bridgehead atoms. The number of rotatable bonds is 7. The van der Waals surface area contributed by atoms with Crippen LogP contribution in [0.1, 0.15) is 26.2 Å². The summed E-state index contributed by atoms with van der Waals surface area (Å²) in [4.78, 5) is 15.8. The van der Waals surface area contributed by atoms with Gasteiger partial charge in [-0.1, -0.05) is 18.2 Å². The van der Waals surface area contributed by atoms with Crippen molar-refractivity contribution in [3.63, 3.8) is 0 Å². The highest BCUT2D eigenvalue weighted by atomic mass is 32.2. The van der Waals surface area contributed by atoms with Gasteiger partial charge in [-0.25, -0.2) is 8.42 Å². The lowest BCUT2D eigenvalue weighted by Gasteiger charge is -2.25. The van der Waals surface area contributed by atoms with Crippen molar-refractivity contribution in [2.45, 2.75) is 37.1 Å². The summed E-state index contributed by atoms with van der Waals surface area (Å²) in [5, 5.41) is 11.9. The third-order valence-electron chi connectivity index (χ3n) is 6.22. The van der Waals surface area contributed by atoms with Gasteiger partial charge in [0.05, 0.1) is 15.5 Å². The smallest absolute Gasteiger partial charge is 0.293 e. The Labute approximate surface area is 183 Å². The third kappa shape index (κ3) is 4.24. The number of benzene rings is 2. The van der Waals surface area contributed by atoms with E-state index in [0.717, 1.165) is 32.6 Å². The fourth-order valence-corrected chi connectivity index (χ4v) is 6.15. The van der Waals surface area contributed by atoms with E-state index in [1.807, 2.05) is 11.0 Å². The van der Waals surface area contributed by atoms with Gasteiger partial charge in [-0.2, -0.15) is 0 Å². The quantitative estimate of drug-likeness (QED) is 0.480. The summed E-state index contributed by atoms with van der Waals surface area (Å²) in [6.45, 7) is 5.62. The van der Waals surface area contributed by atoms with Gasteiger partial charge in [0, 0.05) is 31.7 Å². The lowest BCUT2D eigenvalue weighted by Crippen LogP contribution is -2.35. The Bertz CT molecular complexity index is 1040. The van der Waals surface area contributed by atoms with Crippen molar-refractivity contribution in [1.82, 2.24) is 4.90 Å². The number of hydrogen-bond donors (Lipinski definition) is 0. The zero-order valence-corrected chi connectivity index (χ0v) is 18.5. The van der Waals surface area contributed by atoms with Crippen LogP contribution in [0.4, 0.5) is 17.1 Å². The molecule has 0 aromatic heterocycles. The van der Waals surface area contributed by atoms with Crippen LogP contribution < -0.4 is 9.21 Å². The maximum absolute atomic E-state index is 13.3. The standard InChI is InChI=1S/C22H28N4O4S/c1-2-25(18-8-4-3-5-9-18)31(29,30)20-10-11-21(22(16-20)26(27)28)24-15-12-19(17-24)23-13-6-7-14-23/h3-5,8-11,16,19H,2,6-7,12-15,17H2,1H3. The van der Waals surface area contributed by atoms with E-state index in [1.54, 1.807) is 37.3 Å². The second-order valence-corrected chi connectivity index (χ2v) is 9.91. The van der Waals surface area contributed by atoms with Crippen LogP contribution in [0.15, 0.2) is 53.4 Å². The molecule has 2 aliphatic rings. The van der Waals surface area contributed by atoms with E-state index in [0.29, 0.717) is 17.4 Å². The van der Waals surface area contributed by atoms with Gasteiger partial charge in [0.1, 0.15) is 5.69 Å². The second-order valence-electron chi connectivity index (χ2n) is 8.04. The van der Waals surface area contributed by atoms with Crippen molar-refractivity contribution < 1.29 is 13.3 Å². The molecule has 1 unspecified atom stereocenters. The van der Waals surface area contributed by atoms with Gasteiger partial charge >= 0.3 is 0 Å². The first-order valence-corrected chi connectivity index (χ1v) is 12.2. The van der Waals surface area contributed by atoms with E-state index in [4.69, 9.17) is 0 Å². The van der Waals surface area contributed by atoms with Gasteiger partial charge in [-0.3, -0.25) is 19.3 Å². The van der Waals surface area contributed by atoms with Gasteiger partial charge in [0.15, 0.2) is 0 Å². The Morgan fingerprint density at radius 2 is 1.81 bits per heavy atom. The molecule has 0 saturated carbocycles. The number of sulfonamides is 1. The molecular formula is C22H28N4O4S. The summed E-state index contributed by atoms with van der Waals surface area (Å²) in [6, 6.07) is 13.5. The highest BCUT2D eigenvalue weighted by molar-refractivity contribution is 7.92. The van der Waals surface area contributed by atoms with E-state index in [2.05, 4.69) is 4.90 Å². The van der Waals surface area contributed by atoms with E-state index in [-0.39, 0.29) is 17.1 Å². The molecule has 0 spiro atoms. The fourth-order valence-electron chi connectivity index (χ4n) is 4.66. The molecule has 2 heterocycles. The Balaban J connectivity index is 1.64. The van der Waals surface area contributed by atoms with Crippen LogP contribution in [0, 0.1) is 10.1 Å². The minimum Gasteiger partial charge on any atom is -0.364 e. The zero-order chi connectivity index (χ0) is 22.0. The molecule has 31 heavy (non-hydrogen) atoms. The molecule has 9 heteroatoms. The van der Waals surface area contributed by atoms with Crippen LogP contribution in [-0.4, -0.2) is 57.0 Å². The molecule has 2 aromatic carbocycles. The molecule has 166 valence electrons. The normalized spacial score (nSPS) is 19.6. The van der Waals surface area contributed by atoms with Crippen molar-refractivity contribution in [1.29, 1.82) is 0 Å². The average molecular weight is 445 g/mol. The largest absolute Gasteiger partial charge is 0.364 e. The number of nitrogens with zero attached hydrogens (tertiary/aromatic N) is 4. The van der Waals surface area contributed by atoms with Gasteiger partial charge in [-0.15, -0.1) is 0 Å². The Morgan fingerprint density at radius 1 is 1.10 bits per heavy atom. The van der Waals surface area contributed by atoms with E-state index < -0.39 is 14.9 Å². The van der Waals surface area contributed by atoms with Crippen LogP contribution in [0.2, 0.25) is 0 Å². The predicted octanol–water partition coefficient (Wildman–Crippen LogP) is 3.48. The highest BCUT2D eigenvalue weighted by Crippen LogP contribution is 2.35. The SMILES string of the molecule is CCN(c1ccccc1)S(=O)(=O)c1ccc(N2CCC(N3CCCC3)C2)c([N+](=O)[O-])c1. The minimum absolute atomic E-state index is 0.0658. The molecule has 4 rings (SSSR count). The highest BCUT2D eigenvalue weighted by Gasteiger charge is 2.33. The first-order valence-electron chi connectivity index (χ1n) is 10.8. The maximum Gasteiger partial charge on any atom is 0.293 e. The van der Waals surface area contributed by atoms with Crippen LogP contribution in [0.3, 0.4) is 0 Å². The van der Waals surface area contributed by atoms with Gasteiger partial charge in [-0.05, 0) is 63.5 Å². The Hall–Kier alpha value is -2.65. The molecule has 0 radical (unpaired) electrons. The van der Waals surface area contributed by atoms with Crippen molar-refractivity contribution >= 4 is 27.1 Å². The second kappa shape index (κ2) is 8.84. The lowest BCUT2D eigenvalue weighted by atomic mass is 10.2. The van der Waals surface area contributed by atoms with Crippen LogP contribution in [-0.2, 0) is 10.0 Å². The summed E-state index contributed by atoms with van der Waals surface area (Å²) in [6.07, 6.45) is 3.38. The summed E-state index contributed by atoms with van der Waals surface area (Å²) in [5.74, 6) is 0. The molecule has 0 aliphatic carbocycles. The van der Waals surface area contributed by atoms with Gasteiger partial charge < -0.3 is 4.90 Å². The van der Waals surface area contributed by atoms with Crippen molar-refractivity contribution in [2.75, 3.05) is 41.9 Å². The van der Waals surface area contributed by atoms with Crippen LogP contribution in [0.5, 0.6) is 0 Å². The Morgan fingerprint density at radius 3 is 2.45 bits per heavy atom. The van der Waals surface area contributed by atoms with Crippen LogP contribution in [0.25, 0.3) is 0 Å². The minimum atomic E-state index is -3.92. The number of nitro groups is 1. The lowest BCUT2D eigenvalue weighted by molar-refractivity contribution is -0.384. The predicted molar refractivity (Wildman–Crippen MR) is 121 cm³/mol. The van der Waals surface area contributed by atoms with Gasteiger partial charge in [0.2, 0.25) is 0 Å². The van der Waals surface area contributed by atoms with E-state index in [1.165, 1.54) is 29.3 Å². The molecule has 2 aliphatic heterocycles. The monoisotopic (exact) mass is 444 g/mol. The third-order valence-corrected chi connectivity index (χ3v) is 8.12. The molecule has 2 fully saturated rings. The van der Waals surface area contributed by atoms with Gasteiger partial charge in [0.25, 0.3) is 15.7 Å². The fraction of sp³-hybridized carbons (Fsp3) is 0.455. The molecule has 0 N–H and O–H groups in total. The Kier molecular flexibility index (Phi) is 6.15. The molecular weight excluding hydrogens is 416 g/mol. The first-order chi connectivity index (χ1) is 14.9. The number of para-hydroxylation sites is 1. The maximum atomic E-state index is 13.3. The van der Waals surface area contributed by atoms with Crippen molar-refractivity contribution in [3.05, 3.63) is 58.6 Å². The molecule has 8 nitrogen and oxygen atoms in total. The van der Waals surface area contributed by atoms with E-state index in [9.17, 15) is 18.5 Å². The van der Waals surface area contributed by atoms with Crippen LogP contribution >= 0.6 is 0 Å². The number of nitro benzene ring substituents is 1. The zero-order valence-electron chi connectivity index (χ0n) is 17.7. The summed E-state index contributed by atoms with van der Waals surface area (Å²) < 4.78 is 27.8. The number of anilines is 2. The first kappa shape index (κ1) is 21.6. The topological polar surface area (TPSA) is 87.0 Å². The average Bonchev–Trinajstić information content (AvgIpc) is 3.46. The summed E-state index contributed by atoms with van der Waals surface area (Å²) in [5.41, 5.74) is 0.866. The van der Waals surface area contributed by atoms with Crippen molar-refractivity contribution in [3.8, 4) is 0 Å². The van der Waals surface area contributed by atoms with E-state index >= 15 is 0 Å².